The third-order valence-corrected chi connectivity index (χ3v) is 5.65. The summed E-state index contributed by atoms with van der Waals surface area (Å²) in [5.41, 5.74) is 5.87. The van der Waals surface area contributed by atoms with Gasteiger partial charge in [0.05, 0.1) is 10.2 Å². The minimum Gasteiger partial charge on any atom is -0.483 e. The van der Waals surface area contributed by atoms with Crippen molar-refractivity contribution < 1.29 is 9.53 Å². The largest absolute Gasteiger partial charge is 0.483 e. The van der Waals surface area contributed by atoms with Crippen molar-refractivity contribution in [2.45, 2.75) is 20.8 Å². The Kier molecular flexibility index (Phi) is 7.29. The second kappa shape index (κ2) is 9.92. The zero-order chi connectivity index (χ0) is 21.7. The lowest BCUT2D eigenvalue weighted by Gasteiger charge is -2.10. The van der Waals surface area contributed by atoms with Crippen molar-refractivity contribution in [2.75, 3.05) is 11.9 Å². The van der Waals surface area contributed by atoms with Gasteiger partial charge in [0.1, 0.15) is 5.75 Å². The van der Waals surface area contributed by atoms with Gasteiger partial charge in [-0.25, -0.2) is 0 Å². The highest BCUT2D eigenvalue weighted by molar-refractivity contribution is 9.10. The van der Waals surface area contributed by atoms with Crippen LogP contribution in [0, 0.1) is 20.8 Å². The second-order valence-corrected chi connectivity index (χ2v) is 8.28. The number of aryl methyl sites for hydroxylation is 3. The number of halogens is 2. The molecule has 0 aliphatic heterocycles. The van der Waals surface area contributed by atoms with Crippen LogP contribution < -0.4 is 10.1 Å². The summed E-state index contributed by atoms with van der Waals surface area (Å²) in [6, 6.07) is 17.1. The Morgan fingerprint density at radius 3 is 2.50 bits per heavy atom. The maximum atomic E-state index is 12.2. The van der Waals surface area contributed by atoms with Crippen molar-refractivity contribution in [3.8, 4) is 5.75 Å². The molecule has 4 nitrogen and oxygen atoms in total. The molecule has 0 aliphatic rings. The molecule has 154 valence electrons. The second-order valence-electron chi connectivity index (χ2n) is 7.02. The van der Waals surface area contributed by atoms with Gasteiger partial charge >= 0.3 is 0 Å². The number of hydrogen-bond donors (Lipinski definition) is 1. The number of hydrogen-bond acceptors (Lipinski definition) is 3. The summed E-state index contributed by atoms with van der Waals surface area (Å²) in [5, 5.41) is 3.38. The first-order valence-electron chi connectivity index (χ1n) is 9.41. The molecule has 6 heteroatoms. The van der Waals surface area contributed by atoms with Crippen LogP contribution >= 0.6 is 27.5 Å². The van der Waals surface area contributed by atoms with Gasteiger partial charge < -0.3 is 10.1 Å². The summed E-state index contributed by atoms with van der Waals surface area (Å²) < 4.78 is 6.38. The van der Waals surface area contributed by atoms with Crippen LogP contribution in [0.3, 0.4) is 0 Å². The van der Waals surface area contributed by atoms with E-state index in [9.17, 15) is 4.79 Å². The van der Waals surface area contributed by atoms with Crippen LogP contribution in [-0.2, 0) is 4.79 Å². The molecule has 0 aromatic heterocycles. The molecule has 1 N–H and O–H groups in total. The molecule has 0 atom stereocenters. The van der Waals surface area contributed by atoms with Gasteiger partial charge in [0.15, 0.2) is 6.61 Å². The van der Waals surface area contributed by atoms with Crippen LogP contribution in [0.5, 0.6) is 5.75 Å². The van der Waals surface area contributed by atoms with E-state index in [2.05, 4.69) is 52.2 Å². The quantitative estimate of drug-likeness (QED) is 0.391. The molecule has 0 fully saturated rings. The van der Waals surface area contributed by atoms with Gasteiger partial charge in [-0.3, -0.25) is 9.79 Å². The molecule has 0 heterocycles. The van der Waals surface area contributed by atoms with Crippen molar-refractivity contribution in [2.24, 2.45) is 4.99 Å². The average molecular weight is 486 g/mol. The Hall–Kier alpha value is -2.63. The Morgan fingerprint density at radius 1 is 1.03 bits per heavy atom. The van der Waals surface area contributed by atoms with Crippen molar-refractivity contribution in [1.82, 2.24) is 0 Å². The molecule has 0 unspecified atom stereocenters. The van der Waals surface area contributed by atoms with E-state index in [0.29, 0.717) is 16.5 Å². The SMILES string of the molecule is Cc1ccc(N=Cc2ccc(OCC(=O)Nc3ccc(C)c(Cl)c3)c(Br)c2)cc1C. The van der Waals surface area contributed by atoms with Crippen LogP contribution in [0.2, 0.25) is 5.02 Å². The van der Waals surface area contributed by atoms with Gasteiger partial charge in [0.25, 0.3) is 5.91 Å². The van der Waals surface area contributed by atoms with E-state index < -0.39 is 0 Å². The minimum absolute atomic E-state index is 0.111. The number of nitrogens with one attached hydrogen (secondary N) is 1. The lowest BCUT2D eigenvalue weighted by molar-refractivity contribution is -0.118. The summed E-state index contributed by atoms with van der Waals surface area (Å²) >= 11 is 9.58. The third kappa shape index (κ3) is 5.94. The molecule has 0 aliphatic carbocycles. The normalized spacial score (nSPS) is 11.0. The van der Waals surface area contributed by atoms with Crippen molar-refractivity contribution in [3.05, 3.63) is 86.3 Å². The maximum absolute atomic E-state index is 12.2. The highest BCUT2D eigenvalue weighted by Gasteiger charge is 2.08. The fourth-order valence-corrected chi connectivity index (χ4v) is 3.37. The average Bonchev–Trinajstić information content (AvgIpc) is 2.71. The monoisotopic (exact) mass is 484 g/mol. The molecule has 0 saturated carbocycles. The molecule has 1 amide bonds. The maximum Gasteiger partial charge on any atom is 0.262 e. The van der Waals surface area contributed by atoms with E-state index in [1.165, 1.54) is 11.1 Å². The molecule has 3 rings (SSSR count). The summed E-state index contributed by atoms with van der Waals surface area (Å²) in [7, 11) is 0. The number of aliphatic imine (C=N–C) groups is 1. The Labute approximate surface area is 190 Å². The van der Waals surface area contributed by atoms with E-state index in [1.54, 1.807) is 18.3 Å². The van der Waals surface area contributed by atoms with Crippen LogP contribution in [0.1, 0.15) is 22.3 Å². The number of nitrogens with zero attached hydrogens (tertiary/aromatic N) is 1. The van der Waals surface area contributed by atoms with E-state index in [0.717, 1.165) is 21.3 Å². The highest BCUT2D eigenvalue weighted by Crippen LogP contribution is 2.26. The van der Waals surface area contributed by atoms with Gasteiger partial charge in [-0.05, 0) is 101 Å². The van der Waals surface area contributed by atoms with Crippen molar-refractivity contribution >= 4 is 51.0 Å². The van der Waals surface area contributed by atoms with E-state index in [4.69, 9.17) is 16.3 Å². The Morgan fingerprint density at radius 2 is 1.80 bits per heavy atom. The number of carbonyl (C=O) groups is 1. The molecule has 0 bridgehead atoms. The molecular formula is C24H22BrClN2O2. The topological polar surface area (TPSA) is 50.7 Å². The molecule has 30 heavy (non-hydrogen) atoms. The predicted molar refractivity (Wildman–Crippen MR) is 128 cm³/mol. The third-order valence-electron chi connectivity index (χ3n) is 4.62. The zero-order valence-electron chi connectivity index (χ0n) is 17.0. The van der Waals surface area contributed by atoms with Crippen LogP contribution in [0.25, 0.3) is 0 Å². The Balaban J connectivity index is 1.59. The summed E-state index contributed by atoms with van der Waals surface area (Å²) in [5.74, 6) is 0.317. The smallest absolute Gasteiger partial charge is 0.262 e. The number of carbonyl (C=O) groups excluding carboxylic acids is 1. The summed E-state index contributed by atoms with van der Waals surface area (Å²) in [6.45, 7) is 5.94. The van der Waals surface area contributed by atoms with Gasteiger partial charge in [0.2, 0.25) is 0 Å². The first-order valence-corrected chi connectivity index (χ1v) is 10.6. The fourth-order valence-electron chi connectivity index (χ4n) is 2.68. The van der Waals surface area contributed by atoms with Gasteiger partial charge in [-0.15, -0.1) is 0 Å². The fraction of sp³-hybridized carbons (Fsp3) is 0.167. The Bertz CT molecular complexity index is 1110. The van der Waals surface area contributed by atoms with E-state index in [1.807, 2.05) is 37.3 Å². The molecular weight excluding hydrogens is 464 g/mol. The lowest BCUT2D eigenvalue weighted by Crippen LogP contribution is -2.20. The number of rotatable bonds is 6. The zero-order valence-corrected chi connectivity index (χ0v) is 19.3. The van der Waals surface area contributed by atoms with E-state index >= 15 is 0 Å². The van der Waals surface area contributed by atoms with Gasteiger partial charge in [-0.1, -0.05) is 23.7 Å². The standard InChI is InChI=1S/C24H22BrClN2O2/c1-15-4-7-19(10-17(15)3)27-13-18-6-9-23(21(25)11-18)30-14-24(29)28-20-8-5-16(2)22(26)12-20/h4-13H,14H2,1-3H3,(H,28,29). The predicted octanol–water partition coefficient (Wildman–Crippen LogP) is 6.80. The first kappa shape index (κ1) is 22.1. The van der Waals surface area contributed by atoms with Gasteiger partial charge in [0, 0.05) is 16.9 Å². The minimum atomic E-state index is -0.262. The first-order chi connectivity index (χ1) is 14.3. The van der Waals surface area contributed by atoms with Crippen molar-refractivity contribution in [1.29, 1.82) is 0 Å². The lowest BCUT2D eigenvalue weighted by atomic mass is 10.1. The van der Waals surface area contributed by atoms with Gasteiger partial charge in [-0.2, -0.15) is 0 Å². The van der Waals surface area contributed by atoms with Crippen LogP contribution in [0.15, 0.2) is 64.1 Å². The van der Waals surface area contributed by atoms with E-state index in [-0.39, 0.29) is 12.5 Å². The molecule has 0 spiro atoms. The number of benzene rings is 3. The number of amides is 1. The highest BCUT2D eigenvalue weighted by atomic mass is 79.9. The molecule has 3 aromatic rings. The molecule has 0 saturated heterocycles. The number of ether oxygens (including phenoxy) is 1. The van der Waals surface area contributed by atoms with Crippen molar-refractivity contribution in [3.63, 3.8) is 0 Å². The van der Waals surface area contributed by atoms with Crippen LogP contribution in [-0.4, -0.2) is 18.7 Å². The number of anilines is 1. The molecule has 3 aromatic carbocycles. The van der Waals surface area contributed by atoms with Crippen LogP contribution in [0.4, 0.5) is 11.4 Å². The summed E-state index contributed by atoms with van der Waals surface area (Å²) in [6.07, 6.45) is 1.80. The molecule has 0 radical (unpaired) electrons. The summed E-state index contributed by atoms with van der Waals surface area (Å²) in [4.78, 5) is 16.7.